The van der Waals surface area contributed by atoms with Crippen LogP contribution >= 0.6 is 11.6 Å². The van der Waals surface area contributed by atoms with Crippen LogP contribution < -0.4 is 0 Å². The Kier molecular flexibility index (Phi) is 4.57. The molecule has 0 atom stereocenters. The number of benzene rings is 1. The van der Waals surface area contributed by atoms with Crippen LogP contribution in [0.1, 0.15) is 27.2 Å². The van der Waals surface area contributed by atoms with Crippen LogP contribution in [-0.2, 0) is 29.5 Å². The summed E-state index contributed by atoms with van der Waals surface area (Å²) in [6, 6.07) is 8.04. The van der Waals surface area contributed by atoms with Crippen LogP contribution in [0.2, 0.25) is 5.15 Å². The van der Waals surface area contributed by atoms with Crippen molar-refractivity contribution in [2.24, 2.45) is 7.05 Å². The number of ether oxygens (including phenoxy) is 1. The van der Waals surface area contributed by atoms with Crippen LogP contribution in [0.15, 0.2) is 24.3 Å². The molecule has 126 valence electrons. The lowest BCUT2D eigenvalue weighted by Gasteiger charge is -2.28. The number of fused-ring (bicyclic) bond motifs is 1. The number of nitrogens with zero attached hydrogens (tertiary/aromatic N) is 3. The number of esters is 1. The highest BCUT2D eigenvalue weighted by atomic mass is 35.5. The first-order chi connectivity index (χ1) is 11.5. The largest absolute Gasteiger partial charge is 0.452 e. The predicted molar refractivity (Wildman–Crippen MR) is 88.8 cm³/mol. The molecule has 0 bridgehead atoms. The van der Waals surface area contributed by atoms with E-state index in [2.05, 4.69) is 11.2 Å². The summed E-state index contributed by atoms with van der Waals surface area (Å²) >= 11 is 6.03. The van der Waals surface area contributed by atoms with Crippen molar-refractivity contribution in [1.29, 1.82) is 0 Å². The molecule has 0 unspecified atom stereocenters. The topological polar surface area (TPSA) is 64.4 Å². The Morgan fingerprint density at radius 2 is 2.00 bits per heavy atom. The summed E-state index contributed by atoms with van der Waals surface area (Å²) < 4.78 is 6.54. The molecule has 0 aliphatic carbocycles. The number of aromatic nitrogens is 2. The van der Waals surface area contributed by atoms with Gasteiger partial charge in [-0.3, -0.25) is 9.48 Å². The SMILES string of the molecule is Cc1nn(C)c(Cl)c1C(=O)OCC(=O)N1CCc2ccccc2C1. The third-order valence-corrected chi connectivity index (χ3v) is 4.60. The highest BCUT2D eigenvalue weighted by molar-refractivity contribution is 6.32. The molecule has 1 aliphatic heterocycles. The van der Waals surface area contributed by atoms with Gasteiger partial charge in [0.05, 0.1) is 5.69 Å². The van der Waals surface area contributed by atoms with E-state index in [-0.39, 0.29) is 23.2 Å². The maximum absolute atomic E-state index is 12.3. The molecular weight excluding hydrogens is 330 g/mol. The molecule has 0 radical (unpaired) electrons. The Morgan fingerprint density at radius 3 is 2.67 bits per heavy atom. The van der Waals surface area contributed by atoms with Gasteiger partial charge in [-0.2, -0.15) is 5.10 Å². The number of rotatable bonds is 3. The summed E-state index contributed by atoms with van der Waals surface area (Å²) in [5, 5.41) is 4.27. The van der Waals surface area contributed by atoms with Gasteiger partial charge in [-0.1, -0.05) is 35.9 Å². The minimum Gasteiger partial charge on any atom is -0.452 e. The van der Waals surface area contributed by atoms with Crippen LogP contribution in [0.4, 0.5) is 0 Å². The van der Waals surface area contributed by atoms with Crippen molar-refractivity contribution < 1.29 is 14.3 Å². The molecule has 0 saturated carbocycles. The van der Waals surface area contributed by atoms with Gasteiger partial charge in [-0.15, -0.1) is 0 Å². The maximum Gasteiger partial charge on any atom is 0.343 e. The summed E-state index contributed by atoms with van der Waals surface area (Å²) in [6.07, 6.45) is 0.809. The van der Waals surface area contributed by atoms with E-state index >= 15 is 0 Å². The zero-order valence-electron chi connectivity index (χ0n) is 13.6. The van der Waals surface area contributed by atoms with E-state index in [1.54, 1.807) is 18.9 Å². The third kappa shape index (κ3) is 3.14. The molecule has 2 aromatic rings. The van der Waals surface area contributed by atoms with Crippen LogP contribution in [0.3, 0.4) is 0 Å². The maximum atomic E-state index is 12.3. The second kappa shape index (κ2) is 6.65. The molecule has 0 N–H and O–H groups in total. The molecule has 24 heavy (non-hydrogen) atoms. The summed E-state index contributed by atoms with van der Waals surface area (Å²) in [7, 11) is 1.64. The molecule has 1 amide bonds. The number of aryl methyl sites for hydroxylation is 2. The van der Waals surface area contributed by atoms with Crippen LogP contribution in [0, 0.1) is 6.92 Å². The normalized spacial score (nSPS) is 13.5. The first-order valence-electron chi connectivity index (χ1n) is 7.68. The Bertz CT molecular complexity index is 800. The fraction of sp³-hybridized carbons (Fsp3) is 0.353. The Balaban J connectivity index is 1.61. The van der Waals surface area contributed by atoms with E-state index in [1.807, 2.05) is 18.2 Å². The van der Waals surface area contributed by atoms with Gasteiger partial charge in [-0.25, -0.2) is 4.79 Å². The van der Waals surface area contributed by atoms with Gasteiger partial charge in [-0.05, 0) is 24.5 Å². The fourth-order valence-electron chi connectivity index (χ4n) is 2.86. The van der Waals surface area contributed by atoms with E-state index in [9.17, 15) is 9.59 Å². The molecule has 1 aliphatic rings. The van der Waals surface area contributed by atoms with Gasteiger partial charge in [0, 0.05) is 20.1 Å². The quantitative estimate of drug-likeness (QED) is 0.798. The highest BCUT2D eigenvalue weighted by Gasteiger charge is 2.24. The van der Waals surface area contributed by atoms with Crippen molar-refractivity contribution >= 4 is 23.5 Å². The lowest BCUT2D eigenvalue weighted by Crippen LogP contribution is -2.38. The minimum atomic E-state index is -0.628. The first kappa shape index (κ1) is 16.5. The van der Waals surface area contributed by atoms with Gasteiger partial charge >= 0.3 is 5.97 Å². The van der Waals surface area contributed by atoms with Crippen molar-refractivity contribution in [2.45, 2.75) is 19.9 Å². The van der Waals surface area contributed by atoms with Crippen molar-refractivity contribution in [3.8, 4) is 0 Å². The fourth-order valence-corrected chi connectivity index (χ4v) is 3.11. The molecule has 3 rings (SSSR count). The van der Waals surface area contributed by atoms with E-state index in [0.29, 0.717) is 18.8 Å². The van der Waals surface area contributed by atoms with Gasteiger partial charge in [0.2, 0.25) is 0 Å². The first-order valence-corrected chi connectivity index (χ1v) is 8.06. The summed E-state index contributed by atoms with van der Waals surface area (Å²) in [6.45, 7) is 2.54. The van der Waals surface area contributed by atoms with Crippen LogP contribution in [0.25, 0.3) is 0 Å². The molecular formula is C17H18ClN3O3. The Morgan fingerprint density at radius 1 is 1.29 bits per heavy atom. The van der Waals surface area contributed by atoms with Gasteiger partial charge < -0.3 is 9.64 Å². The average Bonchev–Trinajstić information content (AvgIpc) is 2.84. The van der Waals surface area contributed by atoms with Crippen molar-refractivity contribution in [1.82, 2.24) is 14.7 Å². The second-order valence-corrected chi connectivity index (χ2v) is 6.14. The molecule has 7 heteroatoms. The van der Waals surface area contributed by atoms with Crippen molar-refractivity contribution in [3.05, 3.63) is 51.8 Å². The molecule has 6 nitrogen and oxygen atoms in total. The third-order valence-electron chi connectivity index (χ3n) is 4.17. The summed E-state index contributed by atoms with van der Waals surface area (Å²) in [4.78, 5) is 26.2. The minimum absolute atomic E-state index is 0.205. The van der Waals surface area contributed by atoms with Crippen molar-refractivity contribution in [2.75, 3.05) is 13.2 Å². The zero-order chi connectivity index (χ0) is 17.3. The van der Waals surface area contributed by atoms with Gasteiger partial charge in [0.1, 0.15) is 10.7 Å². The standard InChI is InChI=1S/C17H18ClN3O3/c1-11-15(16(18)20(2)19-11)17(23)24-10-14(22)21-8-7-12-5-3-4-6-13(12)9-21/h3-6H,7-10H2,1-2H3. The zero-order valence-corrected chi connectivity index (χ0v) is 14.3. The number of amides is 1. The summed E-state index contributed by atoms with van der Waals surface area (Å²) in [5.74, 6) is -0.841. The molecule has 1 aromatic carbocycles. The monoisotopic (exact) mass is 347 g/mol. The predicted octanol–water partition coefficient (Wildman–Crippen LogP) is 2.12. The van der Waals surface area contributed by atoms with Gasteiger partial charge in [0.25, 0.3) is 5.91 Å². The number of halogens is 1. The lowest BCUT2D eigenvalue weighted by atomic mass is 10.00. The van der Waals surface area contributed by atoms with E-state index in [1.165, 1.54) is 10.2 Å². The average molecular weight is 348 g/mol. The molecule has 2 heterocycles. The number of carbonyl (C=O) groups excluding carboxylic acids is 2. The number of hydrogen-bond donors (Lipinski definition) is 0. The molecule has 0 saturated heterocycles. The summed E-state index contributed by atoms with van der Waals surface area (Å²) in [5.41, 5.74) is 3.08. The van der Waals surface area contributed by atoms with Crippen molar-refractivity contribution in [3.63, 3.8) is 0 Å². The number of hydrogen-bond acceptors (Lipinski definition) is 4. The van der Waals surface area contributed by atoms with Crippen LogP contribution in [-0.4, -0.2) is 39.7 Å². The van der Waals surface area contributed by atoms with Crippen LogP contribution in [0.5, 0.6) is 0 Å². The number of carbonyl (C=O) groups is 2. The smallest absolute Gasteiger partial charge is 0.343 e. The Hall–Kier alpha value is -2.34. The van der Waals surface area contributed by atoms with E-state index in [0.717, 1.165) is 12.0 Å². The molecule has 0 fully saturated rings. The van der Waals surface area contributed by atoms with E-state index < -0.39 is 5.97 Å². The second-order valence-electron chi connectivity index (χ2n) is 5.78. The molecule has 0 spiro atoms. The Labute approximate surface area is 145 Å². The van der Waals surface area contributed by atoms with Gasteiger partial charge in [0.15, 0.2) is 6.61 Å². The lowest BCUT2D eigenvalue weighted by molar-refractivity contribution is -0.135. The van der Waals surface area contributed by atoms with E-state index in [4.69, 9.17) is 16.3 Å². The molecule has 1 aromatic heterocycles. The highest BCUT2D eigenvalue weighted by Crippen LogP contribution is 2.21.